The van der Waals surface area contributed by atoms with Crippen molar-refractivity contribution in [2.75, 3.05) is 0 Å². The van der Waals surface area contributed by atoms with Gasteiger partial charge < -0.3 is 0 Å². The Kier molecular flexibility index (Phi) is 4.80. The molecule has 1 aromatic rings. The van der Waals surface area contributed by atoms with Gasteiger partial charge in [0.05, 0.1) is 0 Å². The van der Waals surface area contributed by atoms with E-state index in [0.29, 0.717) is 5.41 Å². The van der Waals surface area contributed by atoms with E-state index in [1.165, 1.54) is 12.8 Å². The van der Waals surface area contributed by atoms with Gasteiger partial charge in [-0.3, -0.25) is 0 Å². The first kappa shape index (κ1) is 14.3. The van der Waals surface area contributed by atoms with Crippen LogP contribution in [0.5, 0.6) is 0 Å². The third-order valence-corrected chi connectivity index (χ3v) is 4.39. The molecule has 0 bridgehead atoms. The monoisotopic (exact) mass is 232 g/mol. The van der Waals surface area contributed by atoms with E-state index in [0.717, 1.165) is 11.8 Å². The second-order valence-corrected chi connectivity index (χ2v) is 5.51. The second-order valence-electron chi connectivity index (χ2n) is 5.51. The molecule has 0 heterocycles. The summed E-state index contributed by atoms with van der Waals surface area (Å²) in [6, 6.07) is 9.03. The molecule has 0 saturated carbocycles. The van der Waals surface area contributed by atoms with E-state index in [-0.39, 0.29) is 0 Å². The summed E-state index contributed by atoms with van der Waals surface area (Å²) in [5, 5.41) is 0. The predicted octanol–water partition coefficient (Wildman–Crippen LogP) is 5.21. The average Bonchev–Trinajstić information content (AvgIpc) is 2.72. The lowest BCUT2D eigenvalue weighted by molar-refractivity contribution is 0.218. The van der Waals surface area contributed by atoms with Crippen LogP contribution in [0, 0.1) is 11.8 Å². The van der Waals surface area contributed by atoms with Crippen LogP contribution in [0.3, 0.4) is 0 Å². The predicted molar refractivity (Wildman–Crippen MR) is 77.5 cm³/mol. The molecular weight excluding hydrogens is 204 g/mol. The van der Waals surface area contributed by atoms with Crippen LogP contribution in [0.25, 0.3) is 0 Å². The van der Waals surface area contributed by atoms with E-state index in [9.17, 15) is 0 Å². The van der Waals surface area contributed by atoms with Gasteiger partial charge in [0.25, 0.3) is 0 Å². The molecule has 0 N–H and O–H groups in total. The highest BCUT2D eigenvalue weighted by Gasteiger charge is 2.43. The largest absolute Gasteiger partial charge is 0.0683 e. The van der Waals surface area contributed by atoms with Gasteiger partial charge in [-0.25, -0.2) is 0 Å². The average molecular weight is 232 g/mol. The van der Waals surface area contributed by atoms with Crippen molar-refractivity contribution < 1.29 is 0 Å². The maximum Gasteiger partial charge on any atom is 0.000483 e. The standard InChI is InChI=1S/C15H22.C2H6/c1-11(2)15(12(3)4)10-9-13-7-5-6-8-14(13)15;1-2/h5-8,11-12H,9-10H2,1-4H3;1-2H3. The molecule has 1 aromatic carbocycles. The van der Waals surface area contributed by atoms with E-state index in [4.69, 9.17) is 0 Å². The van der Waals surface area contributed by atoms with Gasteiger partial charge in [0, 0.05) is 5.41 Å². The number of hydrogen-bond donors (Lipinski definition) is 0. The van der Waals surface area contributed by atoms with E-state index in [1.54, 1.807) is 11.1 Å². The summed E-state index contributed by atoms with van der Waals surface area (Å²) in [5.74, 6) is 1.47. The summed E-state index contributed by atoms with van der Waals surface area (Å²) >= 11 is 0. The van der Waals surface area contributed by atoms with E-state index < -0.39 is 0 Å². The summed E-state index contributed by atoms with van der Waals surface area (Å²) < 4.78 is 0. The highest BCUT2D eigenvalue weighted by Crippen LogP contribution is 2.49. The van der Waals surface area contributed by atoms with Crippen molar-refractivity contribution in [3.63, 3.8) is 0 Å². The molecule has 17 heavy (non-hydrogen) atoms. The minimum atomic E-state index is 0.427. The van der Waals surface area contributed by atoms with Crippen LogP contribution in [0.15, 0.2) is 24.3 Å². The Balaban J connectivity index is 0.000000686. The molecule has 0 spiro atoms. The van der Waals surface area contributed by atoms with Crippen molar-refractivity contribution >= 4 is 0 Å². The quantitative estimate of drug-likeness (QED) is 0.656. The fourth-order valence-corrected chi connectivity index (χ4v) is 3.53. The number of hydrogen-bond acceptors (Lipinski definition) is 0. The smallest absolute Gasteiger partial charge is 0.000483 e. The van der Waals surface area contributed by atoms with Crippen LogP contribution < -0.4 is 0 Å². The highest BCUT2D eigenvalue weighted by molar-refractivity contribution is 5.40. The van der Waals surface area contributed by atoms with Gasteiger partial charge in [0.2, 0.25) is 0 Å². The Morgan fingerprint density at radius 1 is 0.941 bits per heavy atom. The van der Waals surface area contributed by atoms with Crippen molar-refractivity contribution in [3.8, 4) is 0 Å². The lowest BCUT2D eigenvalue weighted by atomic mass is 9.65. The maximum absolute atomic E-state index is 2.38. The Morgan fingerprint density at radius 3 is 2.00 bits per heavy atom. The van der Waals surface area contributed by atoms with Crippen molar-refractivity contribution in [1.29, 1.82) is 0 Å². The topological polar surface area (TPSA) is 0 Å². The molecule has 0 nitrogen and oxygen atoms in total. The SMILES string of the molecule is CC.CC(C)C1(C(C)C)CCc2ccccc21. The first-order chi connectivity index (χ1) is 8.09. The third-order valence-electron chi connectivity index (χ3n) is 4.39. The van der Waals surface area contributed by atoms with Crippen molar-refractivity contribution in [2.45, 2.75) is 59.8 Å². The van der Waals surface area contributed by atoms with Gasteiger partial charge >= 0.3 is 0 Å². The summed E-state index contributed by atoms with van der Waals surface area (Å²) in [6.45, 7) is 13.5. The van der Waals surface area contributed by atoms with Crippen LogP contribution in [0.1, 0.15) is 59.1 Å². The van der Waals surface area contributed by atoms with Crippen LogP contribution in [0.4, 0.5) is 0 Å². The number of rotatable bonds is 2. The van der Waals surface area contributed by atoms with Crippen molar-refractivity contribution in [1.82, 2.24) is 0 Å². The van der Waals surface area contributed by atoms with Gasteiger partial charge in [-0.05, 0) is 35.8 Å². The third kappa shape index (κ3) is 2.27. The number of fused-ring (bicyclic) bond motifs is 1. The lowest BCUT2D eigenvalue weighted by Gasteiger charge is -2.39. The van der Waals surface area contributed by atoms with Crippen LogP contribution >= 0.6 is 0 Å². The molecule has 2 rings (SSSR count). The zero-order valence-corrected chi connectivity index (χ0v) is 12.4. The van der Waals surface area contributed by atoms with Gasteiger partial charge in [0.15, 0.2) is 0 Å². The van der Waals surface area contributed by atoms with Gasteiger partial charge in [-0.1, -0.05) is 65.8 Å². The van der Waals surface area contributed by atoms with Crippen molar-refractivity contribution in [2.24, 2.45) is 11.8 Å². The Bertz CT molecular complexity index is 339. The molecule has 0 saturated heterocycles. The van der Waals surface area contributed by atoms with Gasteiger partial charge in [0.1, 0.15) is 0 Å². The van der Waals surface area contributed by atoms with Gasteiger partial charge in [-0.2, -0.15) is 0 Å². The Hall–Kier alpha value is -0.780. The summed E-state index contributed by atoms with van der Waals surface area (Å²) in [4.78, 5) is 0. The fourth-order valence-electron chi connectivity index (χ4n) is 3.53. The molecule has 0 radical (unpaired) electrons. The molecule has 0 aliphatic heterocycles. The summed E-state index contributed by atoms with van der Waals surface area (Å²) in [6.07, 6.45) is 2.61. The normalized spacial score (nSPS) is 16.7. The first-order valence-electron chi connectivity index (χ1n) is 7.17. The second kappa shape index (κ2) is 5.71. The number of benzene rings is 1. The zero-order chi connectivity index (χ0) is 13.1. The molecule has 0 heteroatoms. The highest BCUT2D eigenvalue weighted by atomic mass is 14.5. The molecule has 1 aliphatic carbocycles. The minimum absolute atomic E-state index is 0.427. The van der Waals surface area contributed by atoms with Crippen LogP contribution in [-0.4, -0.2) is 0 Å². The molecule has 96 valence electrons. The molecule has 0 amide bonds. The lowest BCUT2D eigenvalue weighted by Crippen LogP contribution is -2.35. The Morgan fingerprint density at radius 2 is 1.47 bits per heavy atom. The summed E-state index contributed by atoms with van der Waals surface area (Å²) in [7, 11) is 0. The molecule has 1 aliphatic rings. The molecule has 0 aromatic heterocycles. The van der Waals surface area contributed by atoms with E-state index in [1.807, 2.05) is 13.8 Å². The number of aryl methyl sites for hydroxylation is 1. The van der Waals surface area contributed by atoms with Gasteiger partial charge in [-0.15, -0.1) is 0 Å². The molecule has 0 unspecified atom stereocenters. The van der Waals surface area contributed by atoms with Crippen molar-refractivity contribution in [3.05, 3.63) is 35.4 Å². The minimum Gasteiger partial charge on any atom is -0.0683 e. The summed E-state index contributed by atoms with van der Waals surface area (Å²) in [5.41, 5.74) is 3.63. The first-order valence-corrected chi connectivity index (χ1v) is 7.17. The Labute approximate surface area is 107 Å². The maximum atomic E-state index is 2.38. The van der Waals surface area contributed by atoms with E-state index in [2.05, 4.69) is 52.0 Å². The fraction of sp³-hybridized carbons (Fsp3) is 0.647. The molecular formula is C17H28. The van der Waals surface area contributed by atoms with Crippen LogP contribution in [-0.2, 0) is 11.8 Å². The van der Waals surface area contributed by atoms with E-state index >= 15 is 0 Å². The zero-order valence-electron chi connectivity index (χ0n) is 12.4. The molecule has 0 fully saturated rings. The molecule has 0 atom stereocenters. The van der Waals surface area contributed by atoms with Crippen LogP contribution in [0.2, 0.25) is 0 Å².